The molecule has 4 heteroatoms. The molecule has 0 aromatic carbocycles. The molecule has 0 aliphatic rings. The highest BCUT2D eigenvalue weighted by Crippen LogP contribution is 2.25. The smallest absolute Gasteiger partial charge is 0.310 e. The van der Waals surface area contributed by atoms with Gasteiger partial charge in [0, 0.05) is 23.8 Å². The summed E-state index contributed by atoms with van der Waals surface area (Å²) < 4.78 is 6.90. The monoisotopic (exact) mass is 232 g/mol. The zero-order valence-electron chi connectivity index (χ0n) is 10.4. The molecule has 0 N–H and O–H groups in total. The molecule has 2 aromatic heterocycles. The zero-order valence-corrected chi connectivity index (χ0v) is 10.4. The van der Waals surface area contributed by atoms with Crippen LogP contribution in [0.3, 0.4) is 0 Å². The van der Waals surface area contributed by atoms with Gasteiger partial charge >= 0.3 is 5.97 Å². The van der Waals surface area contributed by atoms with E-state index in [1.807, 2.05) is 19.2 Å². The average molecular weight is 232 g/mol. The molecule has 0 amide bonds. The van der Waals surface area contributed by atoms with Crippen molar-refractivity contribution in [1.82, 2.24) is 9.55 Å². The van der Waals surface area contributed by atoms with Gasteiger partial charge in [-0.3, -0.25) is 9.78 Å². The summed E-state index contributed by atoms with van der Waals surface area (Å²) in [7, 11) is 1.41. The highest BCUT2D eigenvalue weighted by atomic mass is 16.5. The van der Waals surface area contributed by atoms with Crippen molar-refractivity contribution in [1.29, 1.82) is 0 Å². The Kier molecular flexibility index (Phi) is 3.13. The second kappa shape index (κ2) is 4.57. The minimum absolute atomic E-state index is 0.208. The molecule has 4 nitrogen and oxygen atoms in total. The number of carbonyl (C=O) groups excluding carboxylic acids is 1. The molecule has 0 atom stereocenters. The minimum Gasteiger partial charge on any atom is -0.469 e. The van der Waals surface area contributed by atoms with Crippen molar-refractivity contribution in [2.75, 3.05) is 7.11 Å². The first kappa shape index (κ1) is 11.6. The van der Waals surface area contributed by atoms with Crippen molar-refractivity contribution >= 4 is 16.9 Å². The van der Waals surface area contributed by atoms with E-state index in [0.717, 1.165) is 28.7 Å². The number of fused-ring (bicyclic) bond motifs is 1. The number of nitrogens with zero attached hydrogens (tertiary/aromatic N) is 2. The Balaban J connectivity index is 2.61. The van der Waals surface area contributed by atoms with E-state index < -0.39 is 0 Å². The molecule has 0 saturated carbocycles. The highest BCUT2D eigenvalue weighted by molar-refractivity contribution is 5.88. The predicted molar refractivity (Wildman–Crippen MR) is 65.9 cm³/mol. The molecule has 0 unspecified atom stereocenters. The summed E-state index contributed by atoms with van der Waals surface area (Å²) in [6.07, 6.45) is 3.91. The summed E-state index contributed by atoms with van der Waals surface area (Å²) in [5.74, 6) is -0.208. The number of pyridine rings is 1. The Morgan fingerprint density at radius 1 is 1.53 bits per heavy atom. The molecule has 2 rings (SSSR count). The van der Waals surface area contributed by atoms with Crippen molar-refractivity contribution < 1.29 is 9.53 Å². The number of aryl methyl sites for hydroxylation is 1. The third kappa shape index (κ3) is 1.90. The van der Waals surface area contributed by atoms with Gasteiger partial charge in [0.15, 0.2) is 0 Å². The number of esters is 1. The SMILES string of the molecule is CCn1c(C)c(CC(=O)OC)c2ccncc21. The molecule has 0 aliphatic carbocycles. The Labute approximate surface area is 100 Å². The molecule has 0 saturated heterocycles. The summed E-state index contributed by atoms with van der Waals surface area (Å²) >= 11 is 0. The molecule has 2 aromatic rings. The average Bonchev–Trinajstić information content (AvgIpc) is 2.62. The fraction of sp³-hybridized carbons (Fsp3) is 0.385. The van der Waals surface area contributed by atoms with E-state index in [9.17, 15) is 4.79 Å². The summed E-state index contributed by atoms with van der Waals surface area (Å²) in [5, 5.41) is 1.09. The van der Waals surface area contributed by atoms with Gasteiger partial charge in [-0.25, -0.2) is 0 Å². The number of rotatable bonds is 3. The van der Waals surface area contributed by atoms with E-state index in [1.54, 1.807) is 6.20 Å². The van der Waals surface area contributed by atoms with Crippen molar-refractivity contribution in [2.24, 2.45) is 0 Å². The first-order chi connectivity index (χ1) is 8.19. The van der Waals surface area contributed by atoms with Crippen LogP contribution < -0.4 is 0 Å². The maximum Gasteiger partial charge on any atom is 0.310 e. The molecule has 17 heavy (non-hydrogen) atoms. The van der Waals surface area contributed by atoms with Crippen LogP contribution in [0.2, 0.25) is 0 Å². The van der Waals surface area contributed by atoms with E-state index in [-0.39, 0.29) is 5.97 Å². The maximum absolute atomic E-state index is 11.4. The summed E-state index contributed by atoms with van der Waals surface area (Å²) in [6, 6.07) is 1.95. The van der Waals surface area contributed by atoms with Crippen molar-refractivity contribution in [3.8, 4) is 0 Å². The number of carbonyl (C=O) groups is 1. The van der Waals surface area contributed by atoms with Crippen LogP contribution in [0.25, 0.3) is 10.9 Å². The molecule has 90 valence electrons. The molecule has 2 heterocycles. The van der Waals surface area contributed by atoms with E-state index in [4.69, 9.17) is 4.74 Å². The zero-order chi connectivity index (χ0) is 12.4. The Morgan fingerprint density at radius 3 is 2.94 bits per heavy atom. The lowest BCUT2D eigenvalue weighted by molar-refractivity contribution is -0.139. The van der Waals surface area contributed by atoms with Gasteiger partial charge in [0.1, 0.15) is 0 Å². The van der Waals surface area contributed by atoms with E-state index in [0.29, 0.717) is 6.42 Å². The number of hydrogen-bond donors (Lipinski definition) is 0. The van der Waals surface area contributed by atoms with Crippen LogP contribution in [0.1, 0.15) is 18.2 Å². The molecule has 0 spiro atoms. The van der Waals surface area contributed by atoms with Crippen LogP contribution in [-0.2, 0) is 22.5 Å². The van der Waals surface area contributed by atoms with Gasteiger partial charge in [0.2, 0.25) is 0 Å². The minimum atomic E-state index is -0.208. The van der Waals surface area contributed by atoms with Gasteiger partial charge < -0.3 is 9.30 Å². The van der Waals surface area contributed by atoms with Crippen LogP contribution >= 0.6 is 0 Å². The molecule has 0 bridgehead atoms. The van der Waals surface area contributed by atoms with Gasteiger partial charge in [-0.1, -0.05) is 0 Å². The van der Waals surface area contributed by atoms with E-state index in [1.165, 1.54) is 7.11 Å². The van der Waals surface area contributed by atoms with Crippen molar-refractivity contribution in [3.05, 3.63) is 29.7 Å². The van der Waals surface area contributed by atoms with Crippen LogP contribution in [0.5, 0.6) is 0 Å². The molecular formula is C13H16N2O2. The lowest BCUT2D eigenvalue weighted by Crippen LogP contribution is -2.06. The summed E-state index contributed by atoms with van der Waals surface area (Å²) in [5.41, 5.74) is 3.23. The Hall–Kier alpha value is -1.84. The fourth-order valence-corrected chi connectivity index (χ4v) is 2.24. The first-order valence-corrected chi connectivity index (χ1v) is 5.67. The normalized spacial score (nSPS) is 10.8. The Bertz CT molecular complexity index is 558. The number of hydrogen-bond acceptors (Lipinski definition) is 3. The summed E-state index contributed by atoms with van der Waals surface area (Å²) in [4.78, 5) is 15.6. The molecule has 0 fully saturated rings. The third-order valence-corrected chi connectivity index (χ3v) is 3.12. The lowest BCUT2D eigenvalue weighted by Gasteiger charge is -2.04. The van der Waals surface area contributed by atoms with Gasteiger partial charge in [-0.15, -0.1) is 0 Å². The number of ether oxygens (including phenoxy) is 1. The van der Waals surface area contributed by atoms with Crippen LogP contribution in [0.15, 0.2) is 18.5 Å². The third-order valence-electron chi connectivity index (χ3n) is 3.12. The van der Waals surface area contributed by atoms with Gasteiger partial charge in [-0.2, -0.15) is 0 Å². The fourth-order valence-electron chi connectivity index (χ4n) is 2.24. The second-order valence-corrected chi connectivity index (χ2v) is 3.95. The highest BCUT2D eigenvalue weighted by Gasteiger charge is 2.15. The molecule has 0 aliphatic heterocycles. The van der Waals surface area contributed by atoms with Crippen molar-refractivity contribution in [3.63, 3.8) is 0 Å². The lowest BCUT2D eigenvalue weighted by atomic mass is 10.1. The first-order valence-electron chi connectivity index (χ1n) is 5.67. The molecule has 0 radical (unpaired) electrons. The van der Waals surface area contributed by atoms with E-state index in [2.05, 4.69) is 16.5 Å². The number of methoxy groups -OCH3 is 1. The summed E-state index contributed by atoms with van der Waals surface area (Å²) in [6.45, 7) is 4.98. The van der Waals surface area contributed by atoms with Crippen LogP contribution in [0.4, 0.5) is 0 Å². The van der Waals surface area contributed by atoms with Gasteiger partial charge in [0.25, 0.3) is 0 Å². The standard InChI is InChI=1S/C13H16N2O2/c1-4-15-9(2)11(7-13(16)17-3)10-5-6-14-8-12(10)15/h5-6,8H,4,7H2,1-3H3. The Morgan fingerprint density at radius 2 is 2.29 bits per heavy atom. The maximum atomic E-state index is 11.4. The largest absolute Gasteiger partial charge is 0.469 e. The quantitative estimate of drug-likeness (QED) is 0.761. The second-order valence-electron chi connectivity index (χ2n) is 3.95. The topological polar surface area (TPSA) is 44.1 Å². The molecular weight excluding hydrogens is 216 g/mol. The predicted octanol–water partition coefficient (Wildman–Crippen LogP) is 2.08. The van der Waals surface area contributed by atoms with Crippen molar-refractivity contribution in [2.45, 2.75) is 26.8 Å². The van der Waals surface area contributed by atoms with Crippen LogP contribution in [-0.4, -0.2) is 22.6 Å². The number of aromatic nitrogens is 2. The van der Waals surface area contributed by atoms with E-state index >= 15 is 0 Å². The van der Waals surface area contributed by atoms with Gasteiger partial charge in [0.05, 0.1) is 25.2 Å². The van der Waals surface area contributed by atoms with Crippen LogP contribution in [0, 0.1) is 6.92 Å². The van der Waals surface area contributed by atoms with Gasteiger partial charge in [-0.05, 0) is 25.5 Å².